The van der Waals surface area contributed by atoms with Gasteiger partial charge in [-0.2, -0.15) is 20.3 Å². The van der Waals surface area contributed by atoms with Gasteiger partial charge in [0.25, 0.3) is 11.6 Å². The maximum Gasteiger partial charge on any atom is 0.282 e. The molecule has 1 aromatic heterocycles. The minimum atomic E-state index is -0.884. The van der Waals surface area contributed by atoms with E-state index >= 15 is 0 Å². The van der Waals surface area contributed by atoms with Crippen molar-refractivity contribution in [3.05, 3.63) is 64.0 Å². The van der Waals surface area contributed by atoms with Gasteiger partial charge in [-0.25, -0.2) is 4.98 Å². The Morgan fingerprint density at radius 2 is 2.00 bits per heavy atom. The molecule has 2 amide bonds. The SMILES string of the molecule is CC(=O)Nc1ccc(N=N[C@@H]2C(=O)N(c3nc(-c4cccc([N+](=O)[O-])c4)cs3)N=C2C)cc1. The highest BCUT2D eigenvalue weighted by atomic mass is 32.1. The van der Waals surface area contributed by atoms with Crippen molar-refractivity contribution in [2.45, 2.75) is 19.9 Å². The van der Waals surface area contributed by atoms with Gasteiger partial charge in [0.1, 0.15) is 0 Å². The normalized spacial score (nSPS) is 15.7. The van der Waals surface area contributed by atoms with Crippen LogP contribution in [0.2, 0.25) is 0 Å². The molecule has 2 heterocycles. The van der Waals surface area contributed by atoms with Crippen molar-refractivity contribution in [1.82, 2.24) is 4.98 Å². The summed E-state index contributed by atoms with van der Waals surface area (Å²) in [5.41, 5.74) is 2.64. The lowest BCUT2D eigenvalue weighted by molar-refractivity contribution is -0.384. The number of non-ortho nitro benzene ring substituents is 1. The second kappa shape index (κ2) is 9.04. The van der Waals surface area contributed by atoms with Crippen molar-refractivity contribution in [2.75, 3.05) is 10.3 Å². The third-order valence-corrected chi connectivity index (χ3v) is 5.41. The van der Waals surface area contributed by atoms with E-state index in [0.717, 1.165) is 0 Å². The second-order valence-corrected chi connectivity index (χ2v) is 7.90. The third-order valence-electron chi connectivity index (χ3n) is 4.60. The molecule has 1 N–H and O–H groups in total. The molecule has 11 nitrogen and oxygen atoms in total. The average molecular weight is 463 g/mol. The van der Waals surface area contributed by atoms with Gasteiger partial charge < -0.3 is 5.32 Å². The number of nitro groups is 1. The topological polar surface area (TPSA) is 143 Å². The molecule has 3 aromatic rings. The number of carbonyl (C=O) groups excluding carboxylic acids is 2. The van der Waals surface area contributed by atoms with E-state index in [-0.39, 0.29) is 11.6 Å². The Balaban J connectivity index is 1.49. The fourth-order valence-corrected chi connectivity index (χ4v) is 3.83. The Morgan fingerprint density at radius 3 is 2.70 bits per heavy atom. The van der Waals surface area contributed by atoms with Crippen LogP contribution in [0.4, 0.5) is 22.2 Å². The van der Waals surface area contributed by atoms with Gasteiger partial charge in [-0.15, -0.1) is 11.3 Å². The number of amides is 2. The maximum atomic E-state index is 12.9. The van der Waals surface area contributed by atoms with Crippen LogP contribution < -0.4 is 10.3 Å². The zero-order valence-electron chi connectivity index (χ0n) is 17.5. The van der Waals surface area contributed by atoms with Crippen LogP contribution in [0.5, 0.6) is 0 Å². The molecule has 33 heavy (non-hydrogen) atoms. The molecular formula is C21H17N7O4S. The highest BCUT2D eigenvalue weighted by Crippen LogP contribution is 2.32. The standard InChI is InChI=1S/C21H17N7O4S/c1-12-19(25-24-16-8-6-15(7-9-16)22-13(2)29)20(30)27(26-12)21-23-18(11-33-21)14-4-3-5-17(10-14)28(31)32/h3-11,19H,1-2H3,(H,22,29)/t19-/m0/s1. The molecule has 1 atom stereocenters. The number of aromatic nitrogens is 1. The Labute approximate surface area is 191 Å². The molecule has 0 aliphatic carbocycles. The average Bonchev–Trinajstić information content (AvgIpc) is 3.38. The Kier molecular flexibility index (Phi) is 6.00. The first-order valence-corrected chi connectivity index (χ1v) is 10.6. The number of hydrogen-bond acceptors (Lipinski definition) is 9. The number of hydrogen-bond donors (Lipinski definition) is 1. The predicted octanol–water partition coefficient (Wildman–Crippen LogP) is 4.55. The minimum Gasteiger partial charge on any atom is -0.326 e. The van der Waals surface area contributed by atoms with Crippen molar-refractivity contribution in [3.63, 3.8) is 0 Å². The monoisotopic (exact) mass is 463 g/mol. The molecule has 0 saturated carbocycles. The Morgan fingerprint density at radius 1 is 1.24 bits per heavy atom. The van der Waals surface area contributed by atoms with E-state index in [1.807, 2.05) is 0 Å². The van der Waals surface area contributed by atoms with Gasteiger partial charge in [-0.1, -0.05) is 12.1 Å². The minimum absolute atomic E-state index is 0.0428. The van der Waals surface area contributed by atoms with Crippen LogP contribution in [0.1, 0.15) is 13.8 Å². The van der Waals surface area contributed by atoms with Crippen LogP contribution in [-0.4, -0.2) is 33.5 Å². The molecule has 0 fully saturated rings. The Hall–Kier alpha value is -4.32. The van der Waals surface area contributed by atoms with Crippen molar-refractivity contribution in [1.29, 1.82) is 0 Å². The summed E-state index contributed by atoms with van der Waals surface area (Å²) >= 11 is 1.19. The highest BCUT2D eigenvalue weighted by molar-refractivity contribution is 7.14. The van der Waals surface area contributed by atoms with Gasteiger partial charge in [0.05, 0.1) is 22.0 Å². The number of nitrogens with one attached hydrogen (secondary N) is 1. The summed E-state index contributed by atoms with van der Waals surface area (Å²) in [7, 11) is 0. The van der Waals surface area contributed by atoms with Gasteiger partial charge in [-0.05, 0) is 31.2 Å². The van der Waals surface area contributed by atoms with E-state index in [1.54, 1.807) is 48.7 Å². The highest BCUT2D eigenvalue weighted by Gasteiger charge is 2.36. The van der Waals surface area contributed by atoms with E-state index in [4.69, 9.17) is 0 Å². The van der Waals surface area contributed by atoms with E-state index < -0.39 is 16.9 Å². The lowest BCUT2D eigenvalue weighted by atomic mass is 10.1. The number of rotatable bonds is 6. The molecule has 1 aliphatic rings. The molecule has 0 unspecified atom stereocenters. The number of benzene rings is 2. The molecule has 166 valence electrons. The van der Waals surface area contributed by atoms with Crippen molar-refractivity contribution >= 4 is 51.1 Å². The number of nitrogens with zero attached hydrogens (tertiary/aromatic N) is 6. The number of nitro benzene ring substituents is 1. The molecule has 12 heteroatoms. The van der Waals surface area contributed by atoms with E-state index in [9.17, 15) is 19.7 Å². The lowest BCUT2D eigenvalue weighted by Gasteiger charge is -2.08. The van der Waals surface area contributed by atoms with Crippen LogP contribution in [-0.2, 0) is 9.59 Å². The van der Waals surface area contributed by atoms with E-state index in [1.165, 1.54) is 35.4 Å². The largest absolute Gasteiger partial charge is 0.326 e. The summed E-state index contributed by atoms with van der Waals surface area (Å²) < 4.78 is 0. The number of azo groups is 1. The van der Waals surface area contributed by atoms with E-state index in [2.05, 4.69) is 25.6 Å². The molecule has 0 spiro atoms. The molecule has 0 bridgehead atoms. The molecule has 1 aliphatic heterocycles. The number of anilines is 2. The molecule has 2 aromatic carbocycles. The number of hydrazone groups is 1. The summed E-state index contributed by atoms with van der Waals surface area (Å²) in [5.74, 6) is -0.574. The van der Waals surface area contributed by atoms with Crippen LogP contribution in [0, 0.1) is 10.1 Å². The number of thiazole rings is 1. The second-order valence-electron chi connectivity index (χ2n) is 7.06. The summed E-state index contributed by atoms with van der Waals surface area (Å²) in [6.07, 6.45) is 0. The van der Waals surface area contributed by atoms with Gasteiger partial charge in [0.15, 0.2) is 6.04 Å². The zero-order valence-corrected chi connectivity index (χ0v) is 18.3. The Bertz CT molecular complexity index is 1300. The van der Waals surface area contributed by atoms with Crippen molar-refractivity contribution in [3.8, 4) is 11.3 Å². The zero-order chi connectivity index (χ0) is 23.5. The first kappa shape index (κ1) is 21.9. The van der Waals surface area contributed by atoms with Crippen molar-refractivity contribution < 1.29 is 14.5 Å². The summed E-state index contributed by atoms with van der Waals surface area (Å²) in [5, 5.41) is 29.4. The predicted molar refractivity (Wildman–Crippen MR) is 124 cm³/mol. The quantitative estimate of drug-likeness (QED) is 0.324. The lowest BCUT2D eigenvalue weighted by Crippen LogP contribution is -2.29. The fraction of sp³-hybridized carbons (Fsp3) is 0.143. The van der Waals surface area contributed by atoms with Crippen LogP contribution in [0.25, 0.3) is 11.3 Å². The molecule has 4 rings (SSSR count). The van der Waals surface area contributed by atoms with Gasteiger partial charge in [-0.3, -0.25) is 19.7 Å². The third kappa shape index (κ3) is 4.80. The first-order chi connectivity index (χ1) is 15.8. The molecule has 0 saturated heterocycles. The number of carbonyl (C=O) groups is 2. The molecule has 0 radical (unpaired) electrons. The summed E-state index contributed by atoms with van der Waals surface area (Å²) in [4.78, 5) is 39.0. The smallest absolute Gasteiger partial charge is 0.282 e. The summed E-state index contributed by atoms with van der Waals surface area (Å²) in [6, 6.07) is 11.9. The van der Waals surface area contributed by atoms with Crippen LogP contribution in [0.3, 0.4) is 0 Å². The fourth-order valence-electron chi connectivity index (χ4n) is 3.04. The molecular weight excluding hydrogens is 446 g/mol. The van der Waals surface area contributed by atoms with Gasteiger partial charge in [0, 0.05) is 35.7 Å². The summed E-state index contributed by atoms with van der Waals surface area (Å²) in [6.45, 7) is 3.10. The van der Waals surface area contributed by atoms with Crippen LogP contribution >= 0.6 is 11.3 Å². The van der Waals surface area contributed by atoms with Crippen LogP contribution in [0.15, 0.2) is 69.2 Å². The van der Waals surface area contributed by atoms with Crippen molar-refractivity contribution in [2.24, 2.45) is 15.3 Å². The van der Waals surface area contributed by atoms with Gasteiger partial charge in [0.2, 0.25) is 11.0 Å². The van der Waals surface area contributed by atoms with E-state index in [0.29, 0.717) is 33.5 Å². The maximum absolute atomic E-state index is 12.9. The first-order valence-electron chi connectivity index (χ1n) is 9.70. The van der Waals surface area contributed by atoms with Gasteiger partial charge >= 0.3 is 0 Å².